The number of hydrogen-bond donors (Lipinski definition) is 2. The molecule has 0 unspecified atom stereocenters. The molecule has 0 bridgehead atoms. The second-order valence-corrected chi connectivity index (χ2v) is 9.01. The van der Waals surface area contributed by atoms with E-state index in [9.17, 15) is 19.2 Å². The van der Waals surface area contributed by atoms with E-state index in [1.165, 1.54) is 19.2 Å². The molecule has 3 amide bonds. The lowest BCUT2D eigenvalue weighted by Crippen LogP contribution is -2.32. The van der Waals surface area contributed by atoms with Crippen LogP contribution in [0.2, 0.25) is 0 Å². The van der Waals surface area contributed by atoms with Crippen molar-refractivity contribution in [2.45, 2.75) is 26.2 Å². The predicted molar refractivity (Wildman–Crippen MR) is 146 cm³/mol. The Labute approximate surface area is 225 Å². The van der Waals surface area contributed by atoms with Crippen molar-refractivity contribution in [2.24, 2.45) is 0 Å². The van der Waals surface area contributed by atoms with Crippen LogP contribution in [0.5, 0.6) is 0 Å². The maximum absolute atomic E-state index is 13.1. The number of hydrogen-bond acceptors (Lipinski definition) is 6. The first-order valence-corrected chi connectivity index (χ1v) is 12.4. The average molecular weight is 532 g/mol. The maximum Gasteiger partial charge on any atom is 0.337 e. The van der Waals surface area contributed by atoms with Gasteiger partial charge in [0.05, 0.1) is 18.4 Å². The van der Waals surface area contributed by atoms with E-state index < -0.39 is 23.7 Å². The number of imide groups is 1. The average Bonchev–Trinajstić information content (AvgIpc) is 3.14. The predicted octanol–water partition coefficient (Wildman–Crippen LogP) is 5.50. The minimum Gasteiger partial charge on any atom is -0.465 e. The third-order valence-electron chi connectivity index (χ3n) is 5.98. The van der Waals surface area contributed by atoms with Gasteiger partial charge in [0, 0.05) is 16.9 Å². The second-order valence-electron chi connectivity index (χ2n) is 8.64. The summed E-state index contributed by atoms with van der Waals surface area (Å²) in [6.45, 7) is 2.12. The lowest BCUT2D eigenvalue weighted by molar-refractivity contribution is -0.120. The van der Waals surface area contributed by atoms with E-state index in [0.717, 1.165) is 29.7 Å². The lowest BCUT2D eigenvalue weighted by Gasteiger charge is -2.16. The number of nitrogens with one attached hydrogen (secondary N) is 2. The van der Waals surface area contributed by atoms with E-state index in [1.807, 2.05) is 12.1 Å². The van der Waals surface area contributed by atoms with Crippen LogP contribution < -0.4 is 15.5 Å². The summed E-state index contributed by atoms with van der Waals surface area (Å²) >= 11 is 6.27. The number of halogens is 1. The van der Waals surface area contributed by atoms with Gasteiger partial charge in [0.15, 0.2) is 0 Å². The summed E-state index contributed by atoms with van der Waals surface area (Å²) in [7, 11) is 1.28. The molecule has 3 aromatic rings. The Hall–Kier alpha value is -4.43. The van der Waals surface area contributed by atoms with Crippen molar-refractivity contribution in [1.29, 1.82) is 0 Å². The number of rotatable bonds is 9. The van der Waals surface area contributed by atoms with Crippen LogP contribution in [0.4, 0.5) is 17.1 Å². The first-order valence-electron chi connectivity index (χ1n) is 12.1. The van der Waals surface area contributed by atoms with E-state index in [2.05, 4.69) is 17.6 Å². The van der Waals surface area contributed by atoms with Gasteiger partial charge < -0.3 is 15.4 Å². The Morgan fingerprint density at radius 2 is 1.55 bits per heavy atom. The number of carbonyl (C=O) groups excluding carboxylic acids is 4. The van der Waals surface area contributed by atoms with Gasteiger partial charge in [0.2, 0.25) is 0 Å². The smallest absolute Gasteiger partial charge is 0.337 e. The topological polar surface area (TPSA) is 105 Å². The first-order chi connectivity index (χ1) is 18.3. The van der Waals surface area contributed by atoms with Gasteiger partial charge in [-0.25, -0.2) is 9.69 Å². The highest BCUT2D eigenvalue weighted by Gasteiger charge is 2.39. The van der Waals surface area contributed by atoms with Gasteiger partial charge in [0.1, 0.15) is 10.7 Å². The molecule has 3 aromatic carbocycles. The van der Waals surface area contributed by atoms with Crippen molar-refractivity contribution in [1.82, 2.24) is 0 Å². The fourth-order valence-electron chi connectivity index (χ4n) is 3.97. The van der Waals surface area contributed by atoms with Gasteiger partial charge in [-0.2, -0.15) is 0 Å². The van der Waals surface area contributed by atoms with Crippen molar-refractivity contribution < 1.29 is 23.9 Å². The second kappa shape index (κ2) is 11.7. The summed E-state index contributed by atoms with van der Waals surface area (Å²) in [6, 6.07) is 20.0. The summed E-state index contributed by atoms with van der Waals surface area (Å²) in [5, 5.41) is 5.39. The summed E-state index contributed by atoms with van der Waals surface area (Å²) in [5.41, 5.74) is 2.87. The molecular formula is C29H26ClN3O5. The Balaban J connectivity index is 1.48. The number of amides is 3. The van der Waals surface area contributed by atoms with Gasteiger partial charge in [-0.15, -0.1) is 0 Å². The van der Waals surface area contributed by atoms with Gasteiger partial charge in [0.25, 0.3) is 17.7 Å². The molecule has 2 N–H and O–H groups in total. The number of unbranched alkanes of at least 4 members (excludes halogenated alkanes) is 1. The summed E-state index contributed by atoms with van der Waals surface area (Å²) < 4.78 is 4.71. The van der Waals surface area contributed by atoms with Crippen LogP contribution in [-0.4, -0.2) is 30.8 Å². The number of nitrogens with zero attached hydrogens (tertiary/aromatic N) is 1. The number of esters is 1. The van der Waals surface area contributed by atoms with Crippen LogP contribution in [-0.2, 0) is 20.7 Å². The zero-order valence-electron chi connectivity index (χ0n) is 20.9. The Kier molecular flexibility index (Phi) is 8.23. The number of benzene rings is 3. The summed E-state index contributed by atoms with van der Waals surface area (Å²) in [6.07, 6.45) is 3.05. The Morgan fingerprint density at radius 1 is 0.895 bits per heavy atom. The maximum atomic E-state index is 13.1. The van der Waals surface area contributed by atoms with Crippen molar-refractivity contribution in [2.75, 3.05) is 22.6 Å². The zero-order valence-corrected chi connectivity index (χ0v) is 21.7. The molecule has 8 nitrogen and oxygen atoms in total. The SMILES string of the molecule is CCCCc1ccc(N2C(=O)C(Cl)=C(Nc3cccc(C(=O)Nc4cccc(C(=O)OC)c4)c3)C2=O)cc1. The molecule has 194 valence electrons. The Bertz CT molecular complexity index is 1430. The molecule has 1 aliphatic heterocycles. The fraction of sp³-hybridized carbons (Fsp3) is 0.172. The highest BCUT2D eigenvalue weighted by atomic mass is 35.5. The van der Waals surface area contributed by atoms with E-state index in [4.69, 9.17) is 16.3 Å². The largest absolute Gasteiger partial charge is 0.465 e. The van der Waals surface area contributed by atoms with E-state index in [1.54, 1.807) is 48.5 Å². The molecule has 0 saturated carbocycles. The summed E-state index contributed by atoms with van der Waals surface area (Å²) in [4.78, 5) is 51.6. The molecule has 0 radical (unpaired) electrons. The molecule has 0 fully saturated rings. The quantitative estimate of drug-likeness (QED) is 0.279. The molecule has 1 heterocycles. The van der Waals surface area contributed by atoms with Crippen molar-refractivity contribution in [3.63, 3.8) is 0 Å². The third-order valence-corrected chi connectivity index (χ3v) is 6.33. The van der Waals surface area contributed by atoms with E-state index in [0.29, 0.717) is 22.6 Å². The molecule has 0 spiro atoms. The van der Waals surface area contributed by atoms with E-state index in [-0.39, 0.29) is 16.3 Å². The van der Waals surface area contributed by atoms with Crippen LogP contribution >= 0.6 is 11.6 Å². The molecule has 1 aliphatic rings. The first kappa shape index (κ1) is 26.6. The molecule has 38 heavy (non-hydrogen) atoms. The fourth-order valence-corrected chi connectivity index (χ4v) is 4.18. The van der Waals surface area contributed by atoms with Crippen LogP contribution in [0.3, 0.4) is 0 Å². The molecule has 0 aromatic heterocycles. The number of ether oxygens (including phenoxy) is 1. The highest BCUT2D eigenvalue weighted by molar-refractivity contribution is 6.53. The Morgan fingerprint density at radius 3 is 2.24 bits per heavy atom. The van der Waals surface area contributed by atoms with Crippen LogP contribution in [0.25, 0.3) is 0 Å². The van der Waals surface area contributed by atoms with Gasteiger partial charge in [-0.05, 0) is 66.9 Å². The lowest BCUT2D eigenvalue weighted by atomic mass is 10.1. The number of anilines is 3. The van der Waals surface area contributed by atoms with Gasteiger partial charge >= 0.3 is 5.97 Å². The van der Waals surface area contributed by atoms with Crippen LogP contribution in [0.15, 0.2) is 83.5 Å². The minimum atomic E-state index is -0.625. The standard InChI is InChI=1S/C29H26ClN3O5/c1-3-4-7-18-12-14-23(15-13-18)33-27(35)24(30)25(28(33)36)31-21-10-5-8-19(16-21)26(34)32-22-11-6-9-20(17-22)29(37)38-2/h5-6,8-17,31H,3-4,7H2,1-2H3,(H,32,34). The van der Waals surface area contributed by atoms with Gasteiger partial charge in [-0.1, -0.05) is 49.2 Å². The molecule has 0 atom stereocenters. The molecule has 0 saturated heterocycles. The normalized spacial score (nSPS) is 13.1. The highest BCUT2D eigenvalue weighted by Crippen LogP contribution is 2.30. The third kappa shape index (κ3) is 5.76. The number of carbonyl (C=O) groups is 4. The molecule has 4 rings (SSSR count). The van der Waals surface area contributed by atoms with E-state index >= 15 is 0 Å². The molecule has 0 aliphatic carbocycles. The number of methoxy groups -OCH3 is 1. The monoisotopic (exact) mass is 531 g/mol. The number of aryl methyl sites for hydroxylation is 1. The summed E-state index contributed by atoms with van der Waals surface area (Å²) in [5.74, 6) is -2.17. The van der Waals surface area contributed by atoms with Crippen molar-refractivity contribution in [3.8, 4) is 0 Å². The van der Waals surface area contributed by atoms with Crippen molar-refractivity contribution >= 4 is 52.4 Å². The van der Waals surface area contributed by atoms with Crippen LogP contribution in [0, 0.1) is 0 Å². The van der Waals surface area contributed by atoms with Crippen LogP contribution in [0.1, 0.15) is 46.0 Å². The van der Waals surface area contributed by atoms with Crippen molar-refractivity contribution in [3.05, 3.63) is 100 Å². The minimum absolute atomic E-state index is 0.0740. The van der Waals surface area contributed by atoms with Gasteiger partial charge in [-0.3, -0.25) is 14.4 Å². The molecular weight excluding hydrogens is 506 g/mol. The molecule has 9 heteroatoms. The zero-order chi connectivity index (χ0) is 27.2.